The van der Waals surface area contributed by atoms with Crippen molar-refractivity contribution in [2.75, 3.05) is 23.9 Å². The van der Waals surface area contributed by atoms with Gasteiger partial charge in [-0.1, -0.05) is 13.8 Å². The summed E-state index contributed by atoms with van der Waals surface area (Å²) in [6, 6.07) is 5.17. The van der Waals surface area contributed by atoms with Crippen LogP contribution in [0.15, 0.2) is 18.2 Å². The fourth-order valence-electron chi connectivity index (χ4n) is 2.27. The summed E-state index contributed by atoms with van der Waals surface area (Å²) in [5.41, 5.74) is 0.770. The second kappa shape index (κ2) is 5.91. The third-order valence-corrected chi connectivity index (χ3v) is 4.91. The highest BCUT2D eigenvalue weighted by atomic mass is 32.2. The van der Waals surface area contributed by atoms with Crippen LogP contribution in [0.5, 0.6) is 5.75 Å². The summed E-state index contributed by atoms with van der Waals surface area (Å²) in [6.45, 7) is 4.42. The first kappa shape index (κ1) is 15.0. The quantitative estimate of drug-likeness (QED) is 0.680. The molecule has 0 amide bonds. The number of hydrogen-bond donors (Lipinski definition) is 1. The summed E-state index contributed by atoms with van der Waals surface area (Å²) >= 11 is 1.89. The Morgan fingerprint density at radius 3 is 2.85 bits per heavy atom. The van der Waals surface area contributed by atoms with Gasteiger partial charge >= 0.3 is 0 Å². The molecule has 1 aliphatic heterocycles. The number of nitro groups is 1. The van der Waals surface area contributed by atoms with Gasteiger partial charge in [-0.15, -0.1) is 0 Å². The molecular weight excluding hydrogens is 276 g/mol. The lowest BCUT2D eigenvalue weighted by atomic mass is 9.82. The lowest BCUT2D eigenvalue weighted by Gasteiger charge is -2.39. The Labute approximate surface area is 123 Å². The van der Waals surface area contributed by atoms with Crippen molar-refractivity contribution in [1.29, 1.82) is 0 Å². The first-order valence-electron chi connectivity index (χ1n) is 6.61. The summed E-state index contributed by atoms with van der Waals surface area (Å²) < 4.78 is 5.05. The predicted octanol–water partition coefficient (Wildman–Crippen LogP) is 3.55. The zero-order valence-electron chi connectivity index (χ0n) is 12.0. The van der Waals surface area contributed by atoms with E-state index >= 15 is 0 Å². The van der Waals surface area contributed by atoms with Crippen molar-refractivity contribution in [3.8, 4) is 5.75 Å². The summed E-state index contributed by atoms with van der Waals surface area (Å²) in [5.74, 6) is 2.62. The van der Waals surface area contributed by atoms with Gasteiger partial charge in [-0.2, -0.15) is 11.8 Å². The van der Waals surface area contributed by atoms with Crippen LogP contribution >= 0.6 is 11.8 Å². The zero-order valence-corrected chi connectivity index (χ0v) is 12.8. The second-order valence-corrected chi connectivity index (χ2v) is 6.80. The Kier molecular flexibility index (Phi) is 4.42. The molecule has 110 valence electrons. The largest absolute Gasteiger partial charge is 0.496 e. The number of ether oxygens (including phenoxy) is 1. The molecule has 1 fully saturated rings. The van der Waals surface area contributed by atoms with E-state index < -0.39 is 0 Å². The molecule has 6 heteroatoms. The molecule has 0 spiro atoms. The number of methoxy groups -OCH3 is 1. The standard InChI is InChI=1S/C14H20N2O3S/c1-14(2)6-7-20-9-13(14)15-11-5-4-10(19-3)8-12(11)16(17)18/h4-5,8,13,15H,6-7,9H2,1-3H3. The molecular formula is C14H20N2O3S. The Bertz CT molecular complexity index is 505. The molecule has 0 saturated carbocycles. The molecule has 1 aliphatic rings. The maximum Gasteiger partial charge on any atom is 0.296 e. The Hall–Kier alpha value is -1.43. The summed E-state index contributed by atoms with van der Waals surface area (Å²) in [4.78, 5) is 10.8. The number of thioether (sulfide) groups is 1. The van der Waals surface area contributed by atoms with Crippen molar-refractivity contribution >= 4 is 23.1 Å². The number of nitrogens with zero attached hydrogens (tertiary/aromatic N) is 1. The van der Waals surface area contributed by atoms with Crippen LogP contribution in [0.25, 0.3) is 0 Å². The Balaban J connectivity index is 2.26. The number of nitro benzene ring substituents is 1. The van der Waals surface area contributed by atoms with Crippen molar-refractivity contribution in [1.82, 2.24) is 0 Å². The minimum Gasteiger partial charge on any atom is -0.496 e. The fraction of sp³-hybridized carbons (Fsp3) is 0.571. The maximum atomic E-state index is 11.2. The van der Waals surface area contributed by atoms with Crippen LogP contribution in [-0.2, 0) is 0 Å². The van der Waals surface area contributed by atoms with Gasteiger partial charge in [-0.25, -0.2) is 0 Å². The van der Waals surface area contributed by atoms with Gasteiger partial charge in [0.1, 0.15) is 11.4 Å². The molecule has 1 unspecified atom stereocenters. The summed E-state index contributed by atoms with van der Waals surface area (Å²) in [6.07, 6.45) is 1.11. The van der Waals surface area contributed by atoms with Gasteiger partial charge in [0.15, 0.2) is 0 Å². The number of hydrogen-bond acceptors (Lipinski definition) is 5. The van der Waals surface area contributed by atoms with E-state index in [9.17, 15) is 10.1 Å². The van der Waals surface area contributed by atoms with Crippen LogP contribution in [0.3, 0.4) is 0 Å². The lowest BCUT2D eigenvalue weighted by Crippen LogP contribution is -2.41. The van der Waals surface area contributed by atoms with Crippen molar-refractivity contribution in [3.05, 3.63) is 28.3 Å². The summed E-state index contributed by atoms with van der Waals surface area (Å²) in [5, 5.41) is 14.6. The summed E-state index contributed by atoms with van der Waals surface area (Å²) in [7, 11) is 1.51. The molecule has 1 N–H and O–H groups in total. The predicted molar refractivity (Wildman–Crippen MR) is 82.8 cm³/mol. The van der Waals surface area contributed by atoms with E-state index in [2.05, 4.69) is 19.2 Å². The van der Waals surface area contributed by atoms with E-state index in [1.165, 1.54) is 13.2 Å². The van der Waals surface area contributed by atoms with Gasteiger partial charge in [0.05, 0.1) is 18.1 Å². The molecule has 1 atom stereocenters. The van der Waals surface area contributed by atoms with Crippen molar-refractivity contribution < 1.29 is 9.66 Å². The molecule has 1 heterocycles. The third-order valence-electron chi connectivity index (χ3n) is 3.85. The van der Waals surface area contributed by atoms with Crippen LogP contribution < -0.4 is 10.1 Å². The van der Waals surface area contributed by atoms with Gasteiger partial charge < -0.3 is 10.1 Å². The highest BCUT2D eigenvalue weighted by Crippen LogP contribution is 2.38. The smallest absolute Gasteiger partial charge is 0.296 e. The highest BCUT2D eigenvalue weighted by molar-refractivity contribution is 7.99. The highest BCUT2D eigenvalue weighted by Gasteiger charge is 2.33. The molecule has 1 aromatic carbocycles. The van der Waals surface area contributed by atoms with Gasteiger partial charge in [0, 0.05) is 11.8 Å². The monoisotopic (exact) mass is 296 g/mol. The molecule has 5 nitrogen and oxygen atoms in total. The van der Waals surface area contributed by atoms with Gasteiger partial charge in [0.25, 0.3) is 5.69 Å². The maximum absolute atomic E-state index is 11.2. The van der Waals surface area contributed by atoms with Crippen LogP contribution in [0, 0.1) is 15.5 Å². The van der Waals surface area contributed by atoms with Crippen molar-refractivity contribution in [3.63, 3.8) is 0 Å². The van der Waals surface area contributed by atoms with E-state index in [0.29, 0.717) is 11.4 Å². The number of nitrogens with one attached hydrogen (secondary N) is 1. The molecule has 0 aliphatic carbocycles. The number of benzene rings is 1. The average Bonchev–Trinajstić information content (AvgIpc) is 2.41. The minimum atomic E-state index is -0.367. The molecule has 0 aromatic heterocycles. The first-order chi connectivity index (χ1) is 9.44. The van der Waals surface area contributed by atoms with Gasteiger partial charge in [-0.05, 0) is 29.7 Å². The van der Waals surface area contributed by atoms with E-state index in [1.807, 2.05) is 11.8 Å². The normalized spacial score (nSPS) is 21.2. The molecule has 0 radical (unpaired) electrons. The molecule has 0 bridgehead atoms. The Morgan fingerprint density at radius 1 is 1.50 bits per heavy atom. The molecule has 20 heavy (non-hydrogen) atoms. The molecule has 1 aromatic rings. The van der Waals surface area contributed by atoms with Gasteiger partial charge in [0.2, 0.25) is 0 Å². The SMILES string of the molecule is COc1ccc(NC2CSCCC2(C)C)c([N+](=O)[O-])c1. The lowest BCUT2D eigenvalue weighted by molar-refractivity contribution is -0.384. The van der Waals surface area contributed by atoms with E-state index in [-0.39, 0.29) is 22.1 Å². The third kappa shape index (κ3) is 3.17. The van der Waals surface area contributed by atoms with E-state index in [0.717, 1.165) is 17.9 Å². The van der Waals surface area contributed by atoms with Crippen LogP contribution in [0.4, 0.5) is 11.4 Å². The molecule has 2 rings (SSSR count). The van der Waals surface area contributed by atoms with E-state index in [1.54, 1.807) is 12.1 Å². The average molecular weight is 296 g/mol. The minimum absolute atomic E-state index is 0.0655. The molecule has 1 saturated heterocycles. The topological polar surface area (TPSA) is 64.4 Å². The fourth-order valence-corrected chi connectivity index (χ4v) is 3.88. The van der Waals surface area contributed by atoms with Crippen LogP contribution in [0.2, 0.25) is 0 Å². The van der Waals surface area contributed by atoms with Crippen LogP contribution in [0.1, 0.15) is 20.3 Å². The van der Waals surface area contributed by atoms with Crippen molar-refractivity contribution in [2.24, 2.45) is 5.41 Å². The number of anilines is 1. The Morgan fingerprint density at radius 2 is 2.25 bits per heavy atom. The first-order valence-corrected chi connectivity index (χ1v) is 7.76. The second-order valence-electron chi connectivity index (χ2n) is 5.65. The van der Waals surface area contributed by atoms with Crippen LogP contribution in [-0.4, -0.2) is 29.6 Å². The van der Waals surface area contributed by atoms with E-state index in [4.69, 9.17) is 4.74 Å². The van der Waals surface area contributed by atoms with Crippen molar-refractivity contribution in [2.45, 2.75) is 26.3 Å². The van der Waals surface area contributed by atoms with Gasteiger partial charge in [-0.3, -0.25) is 10.1 Å². The zero-order chi connectivity index (χ0) is 14.8. The number of rotatable bonds is 4.